The number of amides is 1. The molecule has 6 nitrogen and oxygen atoms in total. The number of ether oxygens (including phenoxy) is 1. The molecule has 0 radical (unpaired) electrons. The zero-order valence-electron chi connectivity index (χ0n) is 15.9. The molecule has 3 rings (SSSR count). The molecule has 0 aliphatic heterocycles. The SMILES string of the molecule is CCc1nc2ccc(C(=O)Nc3cc(C(=O)OC)ccc3F)cc2nc1CC. The second kappa shape index (κ2) is 8.12. The van der Waals surface area contributed by atoms with E-state index in [0.717, 1.165) is 30.3 Å². The molecule has 28 heavy (non-hydrogen) atoms. The fourth-order valence-corrected chi connectivity index (χ4v) is 2.90. The fraction of sp³-hybridized carbons (Fsp3) is 0.238. The average Bonchev–Trinajstić information content (AvgIpc) is 2.73. The summed E-state index contributed by atoms with van der Waals surface area (Å²) in [5.74, 6) is -1.78. The van der Waals surface area contributed by atoms with Crippen molar-refractivity contribution in [2.75, 3.05) is 12.4 Å². The summed E-state index contributed by atoms with van der Waals surface area (Å²) in [4.78, 5) is 33.4. The van der Waals surface area contributed by atoms with Crippen molar-refractivity contribution in [3.63, 3.8) is 0 Å². The highest BCUT2D eigenvalue weighted by molar-refractivity contribution is 6.06. The van der Waals surface area contributed by atoms with Crippen LogP contribution in [0.15, 0.2) is 36.4 Å². The number of methoxy groups -OCH3 is 1. The van der Waals surface area contributed by atoms with Crippen LogP contribution in [0.25, 0.3) is 11.0 Å². The normalized spacial score (nSPS) is 10.7. The molecule has 0 spiro atoms. The Morgan fingerprint density at radius 1 is 0.964 bits per heavy atom. The van der Waals surface area contributed by atoms with Gasteiger partial charge in [0.15, 0.2) is 0 Å². The molecular weight excluding hydrogens is 361 g/mol. The van der Waals surface area contributed by atoms with Crippen molar-refractivity contribution in [2.45, 2.75) is 26.7 Å². The number of anilines is 1. The van der Waals surface area contributed by atoms with E-state index < -0.39 is 17.7 Å². The largest absolute Gasteiger partial charge is 0.465 e. The first-order valence-corrected chi connectivity index (χ1v) is 8.95. The Morgan fingerprint density at radius 2 is 1.61 bits per heavy atom. The Bertz CT molecular complexity index is 1070. The Labute approximate surface area is 161 Å². The third-order valence-corrected chi connectivity index (χ3v) is 4.39. The third kappa shape index (κ3) is 3.83. The topological polar surface area (TPSA) is 81.2 Å². The van der Waals surface area contributed by atoms with Crippen molar-refractivity contribution in [1.29, 1.82) is 0 Å². The molecule has 0 fully saturated rings. The second-order valence-electron chi connectivity index (χ2n) is 6.17. The Morgan fingerprint density at radius 3 is 2.25 bits per heavy atom. The smallest absolute Gasteiger partial charge is 0.337 e. The summed E-state index contributed by atoms with van der Waals surface area (Å²) < 4.78 is 18.7. The summed E-state index contributed by atoms with van der Waals surface area (Å²) in [7, 11) is 1.23. The van der Waals surface area contributed by atoms with Gasteiger partial charge in [0.05, 0.1) is 40.8 Å². The van der Waals surface area contributed by atoms with Crippen LogP contribution in [-0.2, 0) is 17.6 Å². The number of rotatable bonds is 5. The second-order valence-corrected chi connectivity index (χ2v) is 6.17. The van der Waals surface area contributed by atoms with Gasteiger partial charge in [-0.1, -0.05) is 13.8 Å². The average molecular weight is 381 g/mol. The van der Waals surface area contributed by atoms with Crippen molar-refractivity contribution < 1.29 is 18.7 Å². The molecule has 0 unspecified atom stereocenters. The minimum atomic E-state index is -0.651. The highest BCUT2D eigenvalue weighted by Crippen LogP contribution is 2.20. The summed E-state index contributed by atoms with van der Waals surface area (Å²) in [5, 5.41) is 2.49. The van der Waals surface area contributed by atoms with Crippen molar-refractivity contribution in [3.05, 3.63) is 64.7 Å². The molecular formula is C21H20FN3O3. The van der Waals surface area contributed by atoms with Crippen LogP contribution in [0.2, 0.25) is 0 Å². The summed E-state index contributed by atoms with van der Waals surface area (Å²) in [5.41, 5.74) is 3.49. The van der Waals surface area contributed by atoms with Gasteiger partial charge in [0.2, 0.25) is 0 Å². The van der Waals surface area contributed by atoms with E-state index in [9.17, 15) is 14.0 Å². The number of carbonyl (C=O) groups is 2. The van der Waals surface area contributed by atoms with Gasteiger partial charge in [-0.25, -0.2) is 19.2 Å². The van der Waals surface area contributed by atoms with Gasteiger partial charge in [0, 0.05) is 5.56 Å². The number of esters is 1. The van der Waals surface area contributed by atoms with Crippen LogP contribution in [0.5, 0.6) is 0 Å². The van der Waals surface area contributed by atoms with Crippen molar-refractivity contribution in [1.82, 2.24) is 9.97 Å². The molecule has 7 heteroatoms. The van der Waals surface area contributed by atoms with E-state index in [-0.39, 0.29) is 11.3 Å². The molecule has 0 atom stereocenters. The van der Waals surface area contributed by atoms with Gasteiger partial charge in [-0.05, 0) is 49.2 Å². The van der Waals surface area contributed by atoms with Crippen LogP contribution in [0.4, 0.5) is 10.1 Å². The monoisotopic (exact) mass is 381 g/mol. The first-order valence-electron chi connectivity index (χ1n) is 8.95. The van der Waals surface area contributed by atoms with E-state index in [0.29, 0.717) is 16.6 Å². The first kappa shape index (κ1) is 19.4. The minimum absolute atomic E-state index is 0.102. The highest BCUT2D eigenvalue weighted by Gasteiger charge is 2.15. The summed E-state index contributed by atoms with van der Waals surface area (Å²) >= 11 is 0. The van der Waals surface area contributed by atoms with Crippen LogP contribution < -0.4 is 5.32 Å². The molecule has 1 N–H and O–H groups in total. The van der Waals surface area contributed by atoms with Gasteiger partial charge in [0.1, 0.15) is 5.82 Å². The van der Waals surface area contributed by atoms with Gasteiger partial charge in [-0.2, -0.15) is 0 Å². The number of hydrogen-bond donors (Lipinski definition) is 1. The number of nitrogens with one attached hydrogen (secondary N) is 1. The highest BCUT2D eigenvalue weighted by atomic mass is 19.1. The number of aromatic nitrogens is 2. The van der Waals surface area contributed by atoms with Gasteiger partial charge in [-0.15, -0.1) is 0 Å². The van der Waals surface area contributed by atoms with E-state index in [2.05, 4.69) is 20.0 Å². The van der Waals surface area contributed by atoms with Crippen LogP contribution in [0.3, 0.4) is 0 Å². The zero-order chi connectivity index (χ0) is 20.3. The lowest BCUT2D eigenvalue weighted by atomic mass is 10.1. The molecule has 0 aliphatic carbocycles. The standard InChI is InChI=1S/C21H20FN3O3/c1-4-15-16(5-2)24-19-10-12(7-9-17(19)23-15)20(26)25-18-11-13(21(27)28-3)6-8-14(18)22/h6-11H,4-5H2,1-3H3,(H,25,26). The molecule has 0 bridgehead atoms. The molecule has 3 aromatic rings. The van der Waals surface area contributed by atoms with Crippen LogP contribution >= 0.6 is 0 Å². The third-order valence-electron chi connectivity index (χ3n) is 4.39. The summed E-state index contributed by atoms with van der Waals surface area (Å²) in [6.07, 6.45) is 1.53. The van der Waals surface area contributed by atoms with Gasteiger partial charge >= 0.3 is 5.97 Å². The molecule has 144 valence electrons. The predicted molar refractivity (Wildman–Crippen MR) is 104 cm³/mol. The number of carbonyl (C=O) groups excluding carboxylic acids is 2. The quantitative estimate of drug-likeness (QED) is 0.677. The Hall–Kier alpha value is -3.35. The molecule has 1 aromatic heterocycles. The number of hydrogen-bond acceptors (Lipinski definition) is 5. The van der Waals surface area contributed by atoms with Crippen LogP contribution in [0.1, 0.15) is 46.0 Å². The van der Waals surface area contributed by atoms with E-state index in [1.54, 1.807) is 18.2 Å². The lowest BCUT2D eigenvalue weighted by Crippen LogP contribution is -2.14. The maximum absolute atomic E-state index is 14.1. The zero-order valence-corrected chi connectivity index (χ0v) is 15.9. The Balaban J connectivity index is 1.92. The molecule has 2 aromatic carbocycles. The van der Waals surface area contributed by atoms with Gasteiger partial charge < -0.3 is 10.1 Å². The van der Waals surface area contributed by atoms with E-state index in [1.807, 2.05) is 13.8 Å². The predicted octanol–water partition coefficient (Wildman–Crippen LogP) is 3.93. The van der Waals surface area contributed by atoms with Crippen molar-refractivity contribution in [2.24, 2.45) is 0 Å². The van der Waals surface area contributed by atoms with Crippen molar-refractivity contribution in [3.8, 4) is 0 Å². The number of benzene rings is 2. The lowest BCUT2D eigenvalue weighted by Gasteiger charge is -2.10. The number of aryl methyl sites for hydroxylation is 2. The molecule has 0 aliphatic rings. The maximum atomic E-state index is 14.1. The van der Waals surface area contributed by atoms with Crippen LogP contribution in [-0.4, -0.2) is 29.0 Å². The van der Waals surface area contributed by atoms with Crippen LogP contribution in [0, 0.1) is 5.82 Å². The minimum Gasteiger partial charge on any atom is -0.465 e. The number of nitrogens with zero attached hydrogens (tertiary/aromatic N) is 2. The Kier molecular flexibility index (Phi) is 5.63. The van der Waals surface area contributed by atoms with E-state index in [4.69, 9.17) is 0 Å². The number of fused-ring (bicyclic) bond motifs is 1. The van der Waals surface area contributed by atoms with E-state index in [1.165, 1.54) is 19.2 Å². The first-order chi connectivity index (χ1) is 13.5. The summed E-state index contributed by atoms with van der Waals surface area (Å²) in [6.45, 7) is 4.02. The molecule has 0 saturated carbocycles. The van der Waals surface area contributed by atoms with Gasteiger partial charge in [-0.3, -0.25) is 4.79 Å². The van der Waals surface area contributed by atoms with Crippen molar-refractivity contribution >= 4 is 28.6 Å². The molecule has 1 amide bonds. The molecule has 1 heterocycles. The lowest BCUT2D eigenvalue weighted by molar-refractivity contribution is 0.0600. The van der Waals surface area contributed by atoms with E-state index >= 15 is 0 Å². The number of halogens is 1. The maximum Gasteiger partial charge on any atom is 0.337 e. The fourth-order valence-electron chi connectivity index (χ4n) is 2.90. The summed E-state index contributed by atoms with van der Waals surface area (Å²) in [6, 6.07) is 8.59. The van der Waals surface area contributed by atoms with Gasteiger partial charge in [0.25, 0.3) is 5.91 Å². The molecule has 0 saturated heterocycles.